The van der Waals surface area contributed by atoms with Gasteiger partial charge in [-0.15, -0.1) is 0 Å². The summed E-state index contributed by atoms with van der Waals surface area (Å²) < 4.78 is 34.8. The Kier molecular flexibility index (Phi) is 10.8. The van der Waals surface area contributed by atoms with E-state index in [9.17, 15) is 18.0 Å². The summed E-state index contributed by atoms with van der Waals surface area (Å²) in [5, 5.41) is 2.85. The fraction of sp³-hybridized carbons (Fsp3) is 0.333. The van der Waals surface area contributed by atoms with Crippen molar-refractivity contribution in [3.63, 3.8) is 0 Å². The first kappa shape index (κ1) is 31.2. The molecule has 0 spiro atoms. The molecule has 1 atom stereocenters. The molecular weight excluding hydrogens is 594 g/mol. The number of hydrogen-bond donors (Lipinski definition) is 1. The number of methoxy groups -OCH3 is 1. The summed E-state index contributed by atoms with van der Waals surface area (Å²) in [6, 6.07) is 18.1. The third-order valence-corrected chi connectivity index (χ3v) is 9.02. The molecule has 0 aliphatic rings. The van der Waals surface area contributed by atoms with Crippen LogP contribution in [0.25, 0.3) is 0 Å². The maximum Gasteiger partial charge on any atom is 0.264 e. The van der Waals surface area contributed by atoms with Gasteiger partial charge in [0.05, 0.1) is 22.2 Å². The van der Waals surface area contributed by atoms with Gasteiger partial charge in [0.2, 0.25) is 11.8 Å². The molecule has 0 fully saturated rings. The SMILES string of the molecule is CCCNC(=O)C(C)N(Cc1ccccc1C)C(=O)CN(c1ccc(C)cc1)S(=O)(=O)c1ccc(OC)c(Br)c1. The zero-order valence-electron chi connectivity index (χ0n) is 23.5. The zero-order valence-corrected chi connectivity index (χ0v) is 25.9. The van der Waals surface area contributed by atoms with Crippen LogP contribution in [0.5, 0.6) is 5.75 Å². The van der Waals surface area contributed by atoms with E-state index < -0.39 is 28.5 Å². The number of anilines is 1. The molecule has 0 saturated carbocycles. The monoisotopic (exact) mass is 629 g/mol. The van der Waals surface area contributed by atoms with Gasteiger partial charge in [-0.2, -0.15) is 0 Å². The molecule has 0 aromatic heterocycles. The first-order valence-corrected chi connectivity index (χ1v) is 15.3. The molecular formula is C30H36BrN3O5S. The molecule has 214 valence electrons. The first-order chi connectivity index (χ1) is 19.0. The molecule has 2 amide bonds. The minimum Gasteiger partial charge on any atom is -0.496 e. The van der Waals surface area contributed by atoms with E-state index in [1.165, 1.54) is 24.1 Å². The Morgan fingerprint density at radius 2 is 1.70 bits per heavy atom. The lowest BCUT2D eigenvalue weighted by molar-refractivity contribution is -0.139. The van der Waals surface area contributed by atoms with Gasteiger partial charge in [-0.1, -0.05) is 48.9 Å². The lowest BCUT2D eigenvalue weighted by atomic mass is 10.1. The molecule has 0 heterocycles. The Morgan fingerprint density at radius 1 is 1.02 bits per heavy atom. The van der Waals surface area contributed by atoms with Gasteiger partial charge in [0.15, 0.2) is 0 Å². The molecule has 3 aromatic carbocycles. The predicted octanol–water partition coefficient (Wildman–Crippen LogP) is 5.21. The number of carbonyl (C=O) groups excluding carboxylic acids is 2. The summed E-state index contributed by atoms with van der Waals surface area (Å²) in [5.74, 6) is -0.319. The van der Waals surface area contributed by atoms with E-state index in [0.29, 0.717) is 22.5 Å². The lowest BCUT2D eigenvalue weighted by Gasteiger charge is -2.32. The average molecular weight is 631 g/mol. The third kappa shape index (κ3) is 7.42. The molecule has 3 aromatic rings. The number of sulfonamides is 1. The second-order valence-corrected chi connectivity index (χ2v) is 12.3. The standard InChI is InChI=1S/C30H36BrN3O5S/c1-6-17-32-30(36)23(4)33(19-24-10-8-7-9-22(24)3)29(35)20-34(25-13-11-21(2)12-14-25)40(37,38)26-15-16-28(39-5)27(31)18-26/h7-16,18,23H,6,17,19-20H2,1-5H3,(H,32,36). The molecule has 1 unspecified atom stereocenters. The van der Waals surface area contributed by atoms with Gasteiger partial charge < -0.3 is 15.0 Å². The van der Waals surface area contributed by atoms with Gasteiger partial charge in [0, 0.05) is 13.1 Å². The van der Waals surface area contributed by atoms with E-state index in [0.717, 1.165) is 27.4 Å². The van der Waals surface area contributed by atoms with Crippen molar-refractivity contribution in [1.29, 1.82) is 0 Å². The van der Waals surface area contributed by atoms with Gasteiger partial charge in [-0.25, -0.2) is 8.42 Å². The first-order valence-electron chi connectivity index (χ1n) is 13.0. The molecule has 10 heteroatoms. The number of nitrogens with zero attached hydrogens (tertiary/aromatic N) is 2. The summed E-state index contributed by atoms with van der Waals surface area (Å²) in [6.07, 6.45) is 0.751. The van der Waals surface area contributed by atoms with Crippen molar-refractivity contribution in [1.82, 2.24) is 10.2 Å². The van der Waals surface area contributed by atoms with Crippen molar-refractivity contribution in [2.75, 3.05) is 24.5 Å². The average Bonchev–Trinajstić information content (AvgIpc) is 2.94. The molecule has 40 heavy (non-hydrogen) atoms. The quantitative estimate of drug-likeness (QED) is 0.297. The van der Waals surface area contributed by atoms with Gasteiger partial charge in [0.1, 0.15) is 18.3 Å². The van der Waals surface area contributed by atoms with Crippen LogP contribution in [-0.4, -0.2) is 51.4 Å². The van der Waals surface area contributed by atoms with Gasteiger partial charge >= 0.3 is 0 Å². The topological polar surface area (TPSA) is 96.0 Å². The highest BCUT2D eigenvalue weighted by Gasteiger charge is 2.33. The van der Waals surface area contributed by atoms with Crippen LogP contribution < -0.4 is 14.4 Å². The number of rotatable bonds is 12. The Bertz CT molecular complexity index is 1440. The van der Waals surface area contributed by atoms with Crippen molar-refractivity contribution < 1.29 is 22.7 Å². The molecule has 0 aliphatic carbocycles. The van der Waals surface area contributed by atoms with E-state index in [-0.39, 0.29) is 17.3 Å². The fourth-order valence-corrected chi connectivity index (χ4v) is 6.26. The van der Waals surface area contributed by atoms with Crippen LogP contribution in [0.2, 0.25) is 0 Å². The Balaban J connectivity index is 2.05. The van der Waals surface area contributed by atoms with Crippen molar-refractivity contribution in [3.8, 4) is 5.75 Å². The number of halogens is 1. The van der Waals surface area contributed by atoms with Gasteiger partial charge in [-0.05, 0) is 84.6 Å². The number of aryl methyl sites for hydroxylation is 2. The second-order valence-electron chi connectivity index (χ2n) is 9.56. The van der Waals surface area contributed by atoms with Gasteiger partial charge in [-0.3, -0.25) is 13.9 Å². The third-order valence-electron chi connectivity index (χ3n) is 6.63. The van der Waals surface area contributed by atoms with E-state index in [1.54, 1.807) is 37.3 Å². The molecule has 3 rings (SSSR count). The number of hydrogen-bond acceptors (Lipinski definition) is 5. The van der Waals surface area contributed by atoms with E-state index in [2.05, 4.69) is 21.2 Å². The van der Waals surface area contributed by atoms with Crippen LogP contribution in [-0.2, 0) is 26.2 Å². The second kappa shape index (κ2) is 13.8. The number of benzene rings is 3. The summed E-state index contributed by atoms with van der Waals surface area (Å²) >= 11 is 3.36. The lowest BCUT2D eigenvalue weighted by Crippen LogP contribution is -2.51. The smallest absolute Gasteiger partial charge is 0.264 e. The van der Waals surface area contributed by atoms with Crippen molar-refractivity contribution in [2.45, 2.75) is 51.6 Å². The van der Waals surface area contributed by atoms with E-state index >= 15 is 0 Å². The predicted molar refractivity (Wildman–Crippen MR) is 161 cm³/mol. The largest absolute Gasteiger partial charge is 0.496 e. The Labute approximate surface area is 245 Å². The van der Waals surface area contributed by atoms with Crippen LogP contribution in [0, 0.1) is 13.8 Å². The molecule has 0 bridgehead atoms. The minimum atomic E-state index is -4.18. The summed E-state index contributed by atoms with van der Waals surface area (Å²) in [6.45, 7) is 7.58. The summed E-state index contributed by atoms with van der Waals surface area (Å²) in [4.78, 5) is 28.4. The van der Waals surface area contributed by atoms with Crippen molar-refractivity contribution in [2.24, 2.45) is 0 Å². The van der Waals surface area contributed by atoms with Crippen LogP contribution in [0.3, 0.4) is 0 Å². The minimum absolute atomic E-state index is 0.00672. The number of nitrogens with one attached hydrogen (secondary N) is 1. The Hall–Kier alpha value is -3.37. The van der Waals surface area contributed by atoms with E-state index in [1.807, 2.05) is 45.0 Å². The molecule has 0 radical (unpaired) electrons. The number of ether oxygens (including phenoxy) is 1. The zero-order chi connectivity index (χ0) is 29.4. The summed E-state index contributed by atoms with van der Waals surface area (Å²) in [5.41, 5.74) is 3.12. The summed E-state index contributed by atoms with van der Waals surface area (Å²) in [7, 11) is -2.69. The maximum atomic E-state index is 14.0. The highest BCUT2D eigenvalue weighted by Crippen LogP contribution is 2.31. The molecule has 0 saturated heterocycles. The molecule has 0 aliphatic heterocycles. The van der Waals surface area contributed by atoms with Crippen LogP contribution in [0.4, 0.5) is 5.69 Å². The Morgan fingerprint density at radius 3 is 2.30 bits per heavy atom. The van der Waals surface area contributed by atoms with Crippen molar-refractivity contribution in [3.05, 3.63) is 87.9 Å². The van der Waals surface area contributed by atoms with Crippen LogP contribution in [0.1, 0.15) is 37.0 Å². The van der Waals surface area contributed by atoms with Crippen LogP contribution >= 0.6 is 15.9 Å². The highest BCUT2D eigenvalue weighted by molar-refractivity contribution is 9.10. The van der Waals surface area contributed by atoms with E-state index in [4.69, 9.17) is 4.74 Å². The number of amides is 2. The van der Waals surface area contributed by atoms with Crippen molar-refractivity contribution >= 4 is 43.5 Å². The normalized spacial score (nSPS) is 11.9. The maximum absolute atomic E-state index is 14.0. The van der Waals surface area contributed by atoms with Gasteiger partial charge in [0.25, 0.3) is 10.0 Å². The number of carbonyl (C=O) groups is 2. The fourth-order valence-electron chi connectivity index (χ4n) is 4.12. The van der Waals surface area contributed by atoms with Crippen LogP contribution in [0.15, 0.2) is 76.1 Å². The highest BCUT2D eigenvalue weighted by atomic mass is 79.9. The molecule has 1 N–H and O–H groups in total. The molecule has 8 nitrogen and oxygen atoms in total.